The van der Waals surface area contributed by atoms with E-state index >= 15 is 0 Å². The Balaban J connectivity index is 1.66. The highest BCUT2D eigenvalue weighted by atomic mass is 19.1. The molecule has 0 bridgehead atoms. The highest BCUT2D eigenvalue weighted by Gasteiger charge is 2.18. The highest BCUT2D eigenvalue weighted by Crippen LogP contribution is 2.27. The van der Waals surface area contributed by atoms with Gasteiger partial charge >= 0.3 is 0 Å². The molecule has 3 rings (SSSR count). The largest absolute Gasteiger partial charge is 0.372 e. The lowest BCUT2D eigenvalue weighted by atomic mass is 9.93. The Bertz CT molecular complexity index is 584. The van der Waals surface area contributed by atoms with Gasteiger partial charge in [0.2, 0.25) is 0 Å². The minimum absolute atomic E-state index is 0.194. The molecule has 2 N–H and O–H groups in total. The maximum atomic E-state index is 13.0. The number of halogens is 1. The van der Waals surface area contributed by atoms with E-state index in [0.717, 1.165) is 43.1 Å². The fourth-order valence-corrected chi connectivity index (χ4v) is 3.22. The molecule has 1 saturated heterocycles. The summed E-state index contributed by atoms with van der Waals surface area (Å²) in [6, 6.07) is 15.2. The molecule has 0 unspecified atom stereocenters. The van der Waals surface area contributed by atoms with Crippen LogP contribution in [-0.2, 0) is 0 Å². The third-order valence-electron chi connectivity index (χ3n) is 4.60. The number of benzene rings is 2. The topological polar surface area (TPSA) is 29.3 Å². The summed E-state index contributed by atoms with van der Waals surface area (Å²) < 4.78 is 13.0. The van der Waals surface area contributed by atoms with E-state index in [1.165, 1.54) is 30.7 Å². The minimum Gasteiger partial charge on any atom is -0.372 e. The van der Waals surface area contributed by atoms with Crippen molar-refractivity contribution < 1.29 is 4.39 Å². The molecule has 0 radical (unpaired) electrons. The van der Waals surface area contributed by atoms with Crippen LogP contribution in [0.25, 0.3) is 11.1 Å². The third kappa shape index (κ3) is 3.47. The molecule has 0 saturated carbocycles. The van der Waals surface area contributed by atoms with Crippen LogP contribution in [0, 0.1) is 11.7 Å². The number of piperidine rings is 1. The molecule has 0 atom stereocenters. The molecule has 0 aliphatic carbocycles. The van der Waals surface area contributed by atoms with Gasteiger partial charge in [0, 0.05) is 18.8 Å². The van der Waals surface area contributed by atoms with Crippen molar-refractivity contribution in [1.82, 2.24) is 0 Å². The van der Waals surface area contributed by atoms with Crippen LogP contribution < -0.4 is 10.6 Å². The maximum Gasteiger partial charge on any atom is 0.123 e. The summed E-state index contributed by atoms with van der Waals surface area (Å²) in [5.74, 6) is 0.598. The monoisotopic (exact) mass is 298 g/mol. The average Bonchev–Trinajstić information content (AvgIpc) is 2.57. The molecule has 22 heavy (non-hydrogen) atoms. The van der Waals surface area contributed by atoms with E-state index in [1.54, 1.807) is 0 Å². The summed E-state index contributed by atoms with van der Waals surface area (Å²) in [4.78, 5) is 2.45. The molecule has 116 valence electrons. The van der Waals surface area contributed by atoms with Gasteiger partial charge in [-0.3, -0.25) is 0 Å². The van der Waals surface area contributed by atoms with E-state index in [9.17, 15) is 4.39 Å². The van der Waals surface area contributed by atoms with E-state index in [1.807, 2.05) is 12.1 Å². The van der Waals surface area contributed by atoms with Crippen LogP contribution in [0.15, 0.2) is 48.5 Å². The van der Waals surface area contributed by atoms with Gasteiger partial charge < -0.3 is 10.6 Å². The van der Waals surface area contributed by atoms with Crippen molar-refractivity contribution in [2.45, 2.75) is 19.3 Å². The lowest BCUT2D eigenvalue weighted by molar-refractivity contribution is 0.386. The summed E-state index contributed by atoms with van der Waals surface area (Å²) >= 11 is 0. The summed E-state index contributed by atoms with van der Waals surface area (Å²) in [5, 5.41) is 0. The first kappa shape index (κ1) is 15.0. The first-order valence-corrected chi connectivity index (χ1v) is 8.07. The van der Waals surface area contributed by atoms with Gasteiger partial charge in [-0.2, -0.15) is 0 Å². The predicted molar refractivity (Wildman–Crippen MR) is 90.4 cm³/mol. The molecule has 2 aromatic carbocycles. The molecular weight excluding hydrogens is 275 g/mol. The zero-order valence-electron chi connectivity index (χ0n) is 12.8. The molecule has 1 aliphatic rings. The van der Waals surface area contributed by atoms with E-state index in [4.69, 9.17) is 5.73 Å². The van der Waals surface area contributed by atoms with E-state index in [0.29, 0.717) is 0 Å². The maximum absolute atomic E-state index is 13.0. The van der Waals surface area contributed by atoms with E-state index < -0.39 is 0 Å². The number of hydrogen-bond donors (Lipinski definition) is 1. The molecular formula is C19H23FN2. The zero-order chi connectivity index (χ0) is 15.4. The lowest BCUT2D eigenvalue weighted by Crippen LogP contribution is -2.34. The summed E-state index contributed by atoms with van der Waals surface area (Å²) in [7, 11) is 0. The van der Waals surface area contributed by atoms with Crippen LogP contribution in [0.5, 0.6) is 0 Å². The average molecular weight is 298 g/mol. The Kier molecular flexibility index (Phi) is 4.74. The van der Waals surface area contributed by atoms with Crippen LogP contribution >= 0.6 is 0 Å². The van der Waals surface area contributed by atoms with Crippen molar-refractivity contribution in [2.75, 3.05) is 24.5 Å². The number of nitrogens with zero attached hydrogens (tertiary/aromatic N) is 1. The van der Waals surface area contributed by atoms with Gasteiger partial charge in [0.15, 0.2) is 0 Å². The van der Waals surface area contributed by atoms with Crippen molar-refractivity contribution in [3.05, 3.63) is 54.3 Å². The van der Waals surface area contributed by atoms with Crippen molar-refractivity contribution >= 4 is 5.69 Å². The van der Waals surface area contributed by atoms with Crippen LogP contribution in [0.1, 0.15) is 19.3 Å². The fourth-order valence-electron chi connectivity index (χ4n) is 3.22. The Morgan fingerprint density at radius 3 is 2.00 bits per heavy atom. The molecule has 0 amide bonds. The first-order valence-electron chi connectivity index (χ1n) is 8.07. The van der Waals surface area contributed by atoms with Gasteiger partial charge in [-0.05, 0) is 67.1 Å². The van der Waals surface area contributed by atoms with Gasteiger partial charge in [-0.25, -0.2) is 4.39 Å². The molecule has 0 aromatic heterocycles. The van der Waals surface area contributed by atoms with Gasteiger partial charge in [0.25, 0.3) is 0 Å². The van der Waals surface area contributed by atoms with Crippen molar-refractivity contribution in [3.63, 3.8) is 0 Å². The van der Waals surface area contributed by atoms with Gasteiger partial charge in [0.05, 0.1) is 0 Å². The lowest BCUT2D eigenvalue weighted by Gasteiger charge is -2.33. The number of rotatable bonds is 4. The highest BCUT2D eigenvalue weighted by molar-refractivity contribution is 5.66. The Hall–Kier alpha value is -1.87. The number of anilines is 1. The van der Waals surface area contributed by atoms with Crippen molar-refractivity contribution in [2.24, 2.45) is 11.7 Å². The quantitative estimate of drug-likeness (QED) is 0.922. The van der Waals surface area contributed by atoms with E-state index in [-0.39, 0.29) is 5.82 Å². The zero-order valence-corrected chi connectivity index (χ0v) is 12.8. The summed E-state index contributed by atoms with van der Waals surface area (Å²) in [6.45, 7) is 3.03. The van der Waals surface area contributed by atoms with Crippen LogP contribution in [-0.4, -0.2) is 19.6 Å². The van der Waals surface area contributed by atoms with Gasteiger partial charge in [0.1, 0.15) is 5.82 Å². The molecule has 1 aliphatic heterocycles. The second kappa shape index (κ2) is 6.93. The van der Waals surface area contributed by atoms with Crippen LogP contribution in [0.3, 0.4) is 0 Å². The molecule has 2 nitrogen and oxygen atoms in total. The number of hydrogen-bond acceptors (Lipinski definition) is 2. The third-order valence-corrected chi connectivity index (χ3v) is 4.60. The molecule has 3 heteroatoms. The van der Waals surface area contributed by atoms with Crippen LogP contribution in [0.2, 0.25) is 0 Å². The molecule has 2 aromatic rings. The van der Waals surface area contributed by atoms with Crippen molar-refractivity contribution in [3.8, 4) is 11.1 Å². The second-order valence-corrected chi connectivity index (χ2v) is 6.06. The summed E-state index contributed by atoms with van der Waals surface area (Å²) in [5.41, 5.74) is 9.10. The number of nitrogens with two attached hydrogens (primary N) is 1. The fraction of sp³-hybridized carbons (Fsp3) is 0.368. The predicted octanol–water partition coefficient (Wildman–Crippen LogP) is 4.06. The smallest absolute Gasteiger partial charge is 0.123 e. The normalized spacial score (nSPS) is 16.0. The first-order chi connectivity index (χ1) is 10.8. The van der Waals surface area contributed by atoms with Gasteiger partial charge in [-0.15, -0.1) is 0 Å². The molecule has 0 spiro atoms. The Labute approximate surface area is 131 Å². The van der Waals surface area contributed by atoms with Crippen LogP contribution in [0.4, 0.5) is 10.1 Å². The Morgan fingerprint density at radius 2 is 1.45 bits per heavy atom. The second-order valence-electron chi connectivity index (χ2n) is 6.06. The Morgan fingerprint density at radius 1 is 0.909 bits per heavy atom. The van der Waals surface area contributed by atoms with E-state index in [2.05, 4.69) is 29.2 Å². The standard InChI is InChI=1S/C19H23FN2/c20-18-5-1-16(2-6-18)17-3-7-19(8-4-17)22-13-10-15(9-12-21)11-14-22/h1-8,15H,9-14,21H2. The van der Waals surface area contributed by atoms with Gasteiger partial charge in [-0.1, -0.05) is 24.3 Å². The molecule has 1 heterocycles. The minimum atomic E-state index is -0.194. The SMILES string of the molecule is NCCC1CCN(c2ccc(-c3ccc(F)cc3)cc2)CC1. The van der Waals surface area contributed by atoms with Crippen molar-refractivity contribution in [1.29, 1.82) is 0 Å². The molecule has 1 fully saturated rings. The summed E-state index contributed by atoms with van der Waals surface area (Å²) in [6.07, 6.45) is 3.62.